The first-order chi connectivity index (χ1) is 12.6. The van der Waals surface area contributed by atoms with E-state index in [1.807, 2.05) is 56.4 Å². The molecule has 0 bridgehead atoms. The van der Waals surface area contributed by atoms with Crippen LogP contribution in [0.15, 0.2) is 42.5 Å². The maximum Gasteiger partial charge on any atom is 0.312 e. The number of benzene rings is 2. The Morgan fingerprint density at radius 1 is 1.27 bits per heavy atom. The molecule has 2 heterocycles. The van der Waals surface area contributed by atoms with Gasteiger partial charge in [0.05, 0.1) is 28.6 Å². The average molecular weight is 370 g/mol. The van der Waals surface area contributed by atoms with Crippen LogP contribution in [-0.2, 0) is 16.6 Å². The Kier molecular flexibility index (Phi) is 4.32. The smallest absolute Gasteiger partial charge is 0.312 e. The Balaban J connectivity index is 1.63. The molecule has 1 aliphatic heterocycles. The summed E-state index contributed by atoms with van der Waals surface area (Å²) in [7, 11) is 1.99. The quantitative estimate of drug-likeness (QED) is 0.654. The molecule has 1 aliphatic rings. The number of esters is 1. The molecular weight excluding hydrogens is 350 g/mol. The summed E-state index contributed by atoms with van der Waals surface area (Å²) < 4.78 is 7.14. The van der Waals surface area contributed by atoms with Crippen molar-refractivity contribution < 1.29 is 9.53 Å². The standard InChI is InChI=1S/C20H20ClN3O2/c1-3-26-20(25)13-11-24(12-13)14-8-9-16(21)15(10-14)19-22-17-6-4-5-7-18(17)23(19)2/h4-10,13H,3,11-12H2,1-2H3. The number of ether oxygens (including phenoxy) is 1. The second-order valence-electron chi connectivity index (χ2n) is 6.50. The van der Waals surface area contributed by atoms with Gasteiger partial charge in [0, 0.05) is 31.4 Å². The van der Waals surface area contributed by atoms with Gasteiger partial charge in [-0.25, -0.2) is 4.98 Å². The summed E-state index contributed by atoms with van der Waals surface area (Å²) in [6, 6.07) is 13.9. The van der Waals surface area contributed by atoms with E-state index in [1.165, 1.54) is 0 Å². The van der Waals surface area contributed by atoms with Crippen molar-refractivity contribution in [2.24, 2.45) is 13.0 Å². The summed E-state index contributed by atoms with van der Waals surface area (Å²) in [5, 5.41) is 0.662. The predicted octanol–water partition coefficient (Wildman–Crippen LogP) is 3.89. The van der Waals surface area contributed by atoms with Crippen molar-refractivity contribution in [2.45, 2.75) is 6.92 Å². The van der Waals surface area contributed by atoms with Crippen molar-refractivity contribution in [1.82, 2.24) is 9.55 Å². The van der Waals surface area contributed by atoms with Crippen LogP contribution >= 0.6 is 11.6 Å². The fourth-order valence-electron chi connectivity index (χ4n) is 3.37. The van der Waals surface area contributed by atoms with Crippen LogP contribution in [0, 0.1) is 5.92 Å². The lowest BCUT2D eigenvalue weighted by atomic mass is 9.99. The zero-order valence-electron chi connectivity index (χ0n) is 14.8. The molecule has 3 aromatic rings. The summed E-state index contributed by atoms with van der Waals surface area (Å²) in [4.78, 5) is 18.7. The molecule has 2 aromatic carbocycles. The molecule has 1 saturated heterocycles. The maximum atomic E-state index is 11.8. The highest BCUT2D eigenvalue weighted by molar-refractivity contribution is 6.33. The number of hydrogen-bond acceptors (Lipinski definition) is 4. The summed E-state index contributed by atoms with van der Waals surface area (Å²) in [5.41, 5.74) is 3.94. The molecule has 0 unspecified atom stereocenters. The zero-order chi connectivity index (χ0) is 18.3. The van der Waals surface area contributed by atoms with Crippen LogP contribution < -0.4 is 4.90 Å². The van der Waals surface area contributed by atoms with Crippen LogP contribution in [0.1, 0.15) is 6.92 Å². The van der Waals surface area contributed by atoms with Crippen molar-refractivity contribution in [1.29, 1.82) is 0 Å². The van der Waals surface area contributed by atoms with E-state index in [1.54, 1.807) is 0 Å². The van der Waals surface area contributed by atoms with Crippen molar-refractivity contribution in [3.05, 3.63) is 47.5 Å². The zero-order valence-corrected chi connectivity index (χ0v) is 15.5. The Morgan fingerprint density at radius 3 is 2.77 bits per heavy atom. The van der Waals surface area contributed by atoms with E-state index in [0.29, 0.717) is 24.7 Å². The van der Waals surface area contributed by atoms with Crippen molar-refractivity contribution >= 4 is 34.3 Å². The molecule has 0 atom stereocenters. The maximum absolute atomic E-state index is 11.8. The highest BCUT2D eigenvalue weighted by Gasteiger charge is 2.34. The lowest BCUT2D eigenvalue weighted by molar-refractivity contribution is -0.148. The number of carbonyl (C=O) groups excluding carboxylic acids is 1. The summed E-state index contributed by atoms with van der Waals surface area (Å²) in [6.07, 6.45) is 0. The highest BCUT2D eigenvalue weighted by atomic mass is 35.5. The normalized spacial score (nSPS) is 14.5. The highest BCUT2D eigenvalue weighted by Crippen LogP contribution is 2.35. The molecule has 0 spiro atoms. The number of rotatable bonds is 4. The summed E-state index contributed by atoms with van der Waals surface area (Å²) >= 11 is 6.47. The first-order valence-electron chi connectivity index (χ1n) is 8.71. The summed E-state index contributed by atoms with van der Waals surface area (Å²) in [6.45, 7) is 3.59. The van der Waals surface area contributed by atoms with Gasteiger partial charge in [-0.1, -0.05) is 23.7 Å². The molecule has 26 heavy (non-hydrogen) atoms. The number of carbonyl (C=O) groups is 1. The van der Waals surface area contributed by atoms with Crippen LogP contribution in [0.2, 0.25) is 5.02 Å². The number of para-hydroxylation sites is 2. The fraction of sp³-hybridized carbons (Fsp3) is 0.300. The van der Waals surface area contributed by atoms with Crippen LogP contribution in [0.3, 0.4) is 0 Å². The van der Waals surface area contributed by atoms with Crippen molar-refractivity contribution in [3.63, 3.8) is 0 Å². The third-order valence-electron chi connectivity index (χ3n) is 4.84. The van der Waals surface area contributed by atoms with Crippen molar-refractivity contribution in [3.8, 4) is 11.4 Å². The molecule has 4 rings (SSSR count). The van der Waals surface area contributed by atoms with Gasteiger partial charge < -0.3 is 14.2 Å². The van der Waals surface area contributed by atoms with Crippen LogP contribution in [-0.4, -0.2) is 35.2 Å². The second-order valence-corrected chi connectivity index (χ2v) is 6.91. The first kappa shape index (κ1) is 16.9. The minimum absolute atomic E-state index is 0.0511. The molecule has 1 fully saturated rings. The SMILES string of the molecule is CCOC(=O)C1CN(c2ccc(Cl)c(-c3nc4ccccc4n3C)c2)C1. The van der Waals surface area contributed by atoms with Crippen molar-refractivity contribution in [2.75, 3.05) is 24.6 Å². The van der Waals surface area contributed by atoms with Gasteiger partial charge in [0.2, 0.25) is 0 Å². The van der Waals surface area contributed by atoms with E-state index in [4.69, 9.17) is 21.3 Å². The monoisotopic (exact) mass is 369 g/mol. The minimum atomic E-state index is -0.117. The number of aromatic nitrogens is 2. The van der Waals surface area contributed by atoms with Gasteiger partial charge in [0.1, 0.15) is 5.82 Å². The second kappa shape index (κ2) is 6.65. The molecule has 134 valence electrons. The molecular formula is C20H20ClN3O2. The van der Waals surface area contributed by atoms with Gasteiger partial charge in [-0.15, -0.1) is 0 Å². The molecule has 5 nitrogen and oxygen atoms in total. The Bertz CT molecular complexity index is 976. The lowest BCUT2D eigenvalue weighted by Gasteiger charge is -2.39. The Hall–Kier alpha value is -2.53. The third kappa shape index (κ3) is 2.82. The van der Waals surface area contributed by atoms with Gasteiger partial charge in [-0.2, -0.15) is 0 Å². The number of anilines is 1. The summed E-state index contributed by atoms with van der Waals surface area (Å²) in [5.74, 6) is 0.665. The van der Waals surface area contributed by atoms with E-state index >= 15 is 0 Å². The molecule has 0 aliphatic carbocycles. The number of imidazole rings is 1. The number of nitrogens with zero attached hydrogens (tertiary/aromatic N) is 3. The Morgan fingerprint density at radius 2 is 2.04 bits per heavy atom. The topological polar surface area (TPSA) is 47.4 Å². The third-order valence-corrected chi connectivity index (χ3v) is 5.17. The van der Waals surface area contributed by atoms with Gasteiger partial charge in [-0.05, 0) is 37.3 Å². The molecule has 1 aromatic heterocycles. The van der Waals surface area contributed by atoms with Gasteiger partial charge in [0.25, 0.3) is 0 Å². The number of aryl methyl sites for hydroxylation is 1. The predicted molar refractivity (Wildman–Crippen MR) is 103 cm³/mol. The average Bonchev–Trinajstić information content (AvgIpc) is 2.92. The van der Waals surface area contributed by atoms with E-state index in [0.717, 1.165) is 28.1 Å². The van der Waals surface area contributed by atoms with Crippen LogP contribution in [0.25, 0.3) is 22.4 Å². The molecule has 0 saturated carbocycles. The minimum Gasteiger partial charge on any atom is -0.466 e. The molecule has 0 amide bonds. The first-order valence-corrected chi connectivity index (χ1v) is 9.09. The number of hydrogen-bond donors (Lipinski definition) is 0. The van der Waals surface area contributed by atoms with Crippen LogP contribution in [0.5, 0.6) is 0 Å². The molecule has 0 N–H and O–H groups in total. The number of fused-ring (bicyclic) bond motifs is 1. The largest absolute Gasteiger partial charge is 0.466 e. The van der Waals surface area contributed by atoms with Gasteiger partial charge >= 0.3 is 5.97 Å². The van der Waals surface area contributed by atoms with E-state index < -0.39 is 0 Å². The van der Waals surface area contributed by atoms with Gasteiger partial charge in [0.15, 0.2) is 0 Å². The van der Waals surface area contributed by atoms with Gasteiger partial charge in [-0.3, -0.25) is 4.79 Å². The molecule has 6 heteroatoms. The van der Waals surface area contributed by atoms with E-state index in [-0.39, 0.29) is 11.9 Å². The van der Waals surface area contributed by atoms with E-state index in [2.05, 4.69) is 9.47 Å². The fourth-order valence-corrected chi connectivity index (χ4v) is 3.57. The van der Waals surface area contributed by atoms with E-state index in [9.17, 15) is 4.79 Å². The lowest BCUT2D eigenvalue weighted by Crippen LogP contribution is -2.51. The molecule has 0 radical (unpaired) electrons. The number of halogens is 1. The Labute approximate surface area is 157 Å². The van der Waals surface area contributed by atoms with Crippen LogP contribution in [0.4, 0.5) is 5.69 Å².